The fourth-order valence-corrected chi connectivity index (χ4v) is 2.84. The first-order valence-corrected chi connectivity index (χ1v) is 8.71. The molecular weight excluding hydrogens is 330 g/mol. The summed E-state index contributed by atoms with van der Waals surface area (Å²) < 4.78 is 7.47. The van der Waals surface area contributed by atoms with E-state index in [0.717, 1.165) is 11.3 Å². The number of hydrogen-bond donors (Lipinski definition) is 1. The second kappa shape index (κ2) is 6.82. The lowest BCUT2D eigenvalue weighted by Gasteiger charge is -2.22. The quantitative estimate of drug-likeness (QED) is 0.761. The molecule has 0 amide bonds. The van der Waals surface area contributed by atoms with E-state index in [1.165, 1.54) is 0 Å². The van der Waals surface area contributed by atoms with Gasteiger partial charge < -0.3 is 9.64 Å². The van der Waals surface area contributed by atoms with Crippen LogP contribution in [0.4, 0.5) is 5.95 Å². The van der Waals surface area contributed by atoms with Gasteiger partial charge in [0.05, 0.1) is 18.3 Å². The van der Waals surface area contributed by atoms with Crippen molar-refractivity contribution in [2.45, 2.75) is 39.8 Å². The summed E-state index contributed by atoms with van der Waals surface area (Å²) in [4.78, 5) is 21.9. The summed E-state index contributed by atoms with van der Waals surface area (Å²) in [6, 6.07) is 7.88. The van der Waals surface area contributed by atoms with Gasteiger partial charge in [-0.05, 0) is 33.8 Å². The summed E-state index contributed by atoms with van der Waals surface area (Å²) >= 11 is 0. The number of fused-ring (bicyclic) bond motifs is 1. The summed E-state index contributed by atoms with van der Waals surface area (Å²) in [6.45, 7) is 9.22. The molecule has 1 N–H and O–H groups in total. The van der Waals surface area contributed by atoms with Crippen LogP contribution in [0.5, 0.6) is 5.75 Å². The standard InChI is InChI=1S/C19H25N5O2/c1-6-26-15-10-8-7-9-13(15)12-23(5)18-21-16-14(17(25)22-18)11-20-24(16)19(2,3)4/h7-11H,6,12H2,1-5H3,(H,21,22,25). The van der Waals surface area contributed by atoms with Crippen molar-refractivity contribution in [1.82, 2.24) is 19.7 Å². The summed E-state index contributed by atoms with van der Waals surface area (Å²) in [6.07, 6.45) is 1.57. The van der Waals surface area contributed by atoms with Crippen molar-refractivity contribution in [2.75, 3.05) is 18.6 Å². The van der Waals surface area contributed by atoms with Gasteiger partial charge in [0.1, 0.15) is 11.1 Å². The highest BCUT2D eigenvalue weighted by molar-refractivity contribution is 5.74. The summed E-state index contributed by atoms with van der Waals surface area (Å²) in [7, 11) is 1.89. The van der Waals surface area contributed by atoms with E-state index in [1.54, 1.807) is 10.9 Å². The zero-order chi connectivity index (χ0) is 18.9. The summed E-state index contributed by atoms with van der Waals surface area (Å²) in [5.41, 5.74) is 1.16. The molecule has 2 aromatic heterocycles. The number of rotatable bonds is 5. The lowest BCUT2D eigenvalue weighted by molar-refractivity contribution is 0.336. The van der Waals surface area contributed by atoms with Gasteiger partial charge in [-0.3, -0.25) is 9.78 Å². The molecule has 0 bridgehead atoms. The van der Waals surface area contributed by atoms with Gasteiger partial charge in [-0.25, -0.2) is 4.68 Å². The monoisotopic (exact) mass is 355 g/mol. The molecule has 1 aromatic carbocycles. The molecule has 3 aromatic rings. The Morgan fingerprint density at radius 1 is 1.27 bits per heavy atom. The van der Waals surface area contributed by atoms with Crippen LogP contribution < -0.4 is 15.2 Å². The first-order valence-electron chi connectivity index (χ1n) is 8.71. The molecule has 0 aliphatic heterocycles. The van der Waals surface area contributed by atoms with Gasteiger partial charge in [0, 0.05) is 19.2 Å². The average molecular weight is 355 g/mol. The Bertz CT molecular complexity index is 968. The Hall–Kier alpha value is -2.83. The van der Waals surface area contributed by atoms with Gasteiger partial charge in [0.25, 0.3) is 5.56 Å². The predicted molar refractivity (Wildman–Crippen MR) is 103 cm³/mol. The number of benzene rings is 1. The molecule has 3 rings (SSSR count). The normalized spacial score (nSPS) is 11.7. The van der Waals surface area contributed by atoms with Crippen LogP contribution in [-0.4, -0.2) is 33.4 Å². The van der Waals surface area contributed by atoms with Crippen LogP contribution in [0.25, 0.3) is 11.0 Å². The van der Waals surface area contributed by atoms with Crippen molar-refractivity contribution >= 4 is 17.0 Å². The van der Waals surface area contributed by atoms with Gasteiger partial charge in [-0.15, -0.1) is 0 Å². The van der Waals surface area contributed by atoms with E-state index >= 15 is 0 Å². The Labute approximate surface area is 152 Å². The van der Waals surface area contributed by atoms with Gasteiger partial charge in [0.15, 0.2) is 5.65 Å². The number of H-pyrrole nitrogens is 1. The number of nitrogens with zero attached hydrogens (tertiary/aromatic N) is 4. The van der Waals surface area contributed by atoms with Crippen LogP contribution in [0.3, 0.4) is 0 Å². The number of aromatic nitrogens is 4. The molecule has 7 nitrogen and oxygen atoms in total. The van der Waals surface area contributed by atoms with E-state index in [9.17, 15) is 4.79 Å². The van der Waals surface area contributed by atoms with E-state index in [4.69, 9.17) is 4.74 Å². The molecule has 0 spiro atoms. The second-order valence-corrected chi connectivity index (χ2v) is 7.25. The Kier molecular flexibility index (Phi) is 4.71. The number of hydrogen-bond acceptors (Lipinski definition) is 5. The highest BCUT2D eigenvalue weighted by Gasteiger charge is 2.20. The first-order chi connectivity index (χ1) is 12.3. The third-order valence-corrected chi connectivity index (χ3v) is 4.10. The minimum Gasteiger partial charge on any atom is -0.494 e. The van der Waals surface area contributed by atoms with Gasteiger partial charge >= 0.3 is 0 Å². The SMILES string of the molecule is CCOc1ccccc1CN(C)c1nc2c(cnn2C(C)(C)C)c(=O)[nH]1. The number of anilines is 1. The highest BCUT2D eigenvalue weighted by Crippen LogP contribution is 2.22. The minimum absolute atomic E-state index is 0.189. The molecule has 7 heteroatoms. The Balaban J connectivity index is 1.99. The van der Waals surface area contributed by atoms with Crippen molar-refractivity contribution in [3.63, 3.8) is 0 Å². The molecule has 0 saturated heterocycles. The lowest BCUT2D eigenvalue weighted by Crippen LogP contribution is -2.26. The maximum Gasteiger partial charge on any atom is 0.263 e. The summed E-state index contributed by atoms with van der Waals surface area (Å²) in [5.74, 6) is 1.34. The van der Waals surface area contributed by atoms with Crippen LogP contribution in [0.15, 0.2) is 35.3 Å². The molecule has 0 saturated carbocycles. The van der Waals surface area contributed by atoms with Gasteiger partial charge in [-0.1, -0.05) is 18.2 Å². The zero-order valence-corrected chi connectivity index (χ0v) is 15.9. The molecular formula is C19H25N5O2. The van der Waals surface area contributed by atoms with Crippen molar-refractivity contribution < 1.29 is 4.74 Å². The predicted octanol–water partition coefficient (Wildman–Crippen LogP) is 2.91. The number of ether oxygens (including phenoxy) is 1. The molecule has 0 fully saturated rings. The van der Waals surface area contributed by atoms with Gasteiger partial charge in [0.2, 0.25) is 5.95 Å². The third kappa shape index (κ3) is 3.42. The molecule has 0 radical (unpaired) electrons. The summed E-state index contributed by atoms with van der Waals surface area (Å²) in [5, 5.41) is 4.84. The lowest BCUT2D eigenvalue weighted by atomic mass is 10.1. The first kappa shape index (κ1) is 18.0. The van der Waals surface area contributed by atoms with Crippen LogP contribution in [0, 0.1) is 0 Å². The molecule has 0 atom stereocenters. The van der Waals surface area contributed by atoms with Crippen LogP contribution in [-0.2, 0) is 12.1 Å². The largest absolute Gasteiger partial charge is 0.494 e. The van der Waals surface area contributed by atoms with E-state index < -0.39 is 0 Å². The molecule has 0 unspecified atom stereocenters. The van der Waals surface area contributed by atoms with Crippen LogP contribution in [0.2, 0.25) is 0 Å². The van der Waals surface area contributed by atoms with Crippen molar-refractivity contribution in [1.29, 1.82) is 0 Å². The van der Waals surface area contributed by atoms with Crippen LogP contribution in [0.1, 0.15) is 33.3 Å². The van der Waals surface area contributed by atoms with E-state index in [0.29, 0.717) is 30.1 Å². The Morgan fingerprint density at radius 3 is 2.69 bits per heavy atom. The molecule has 138 valence electrons. The van der Waals surface area contributed by atoms with E-state index in [2.05, 4.69) is 15.1 Å². The van der Waals surface area contributed by atoms with E-state index in [1.807, 2.05) is 63.9 Å². The zero-order valence-electron chi connectivity index (χ0n) is 15.9. The fourth-order valence-electron chi connectivity index (χ4n) is 2.84. The smallest absolute Gasteiger partial charge is 0.263 e. The van der Waals surface area contributed by atoms with Gasteiger partial charge in [-0.2, -0.15) is 10.1 Å². The molecule has 26 heavy (non-hydrogen) atoms. The Morgan fingerprint density at radius 2 is 2.00 bits per heavy atom. The average Bonchev–Trinajstić information content (AvgIpc) is 3.01. The number of nitrogens with one attached hydrogen (secondary N) is 1. The maximum absolute atomic E-state index is 12.5. The van der Waals surface area contributed by atoms with Crippen LogP contribution >= 0.6 is 0 Å². The number of para-hydroxylation sites is 1. The molecule has 0 aliphatic rings. The number of aromatic amines is 1. The van der Waals surface area contributed by atoms with Crippen molar-refractivity contribution in [3.8, 4) is 5.75 Å². The van der Waals surface area contributed by atoms with Crippen molar-refractivity contribution in [2.24, 2.45) is 0 Å². The highest BCUT2D eigenvalue weighted by atomic mass is 16.5. The molecule has 2 heterocycles. The maximum atomic E-state index is 12.5. The fraction of sp³-hybridized carbons (Fsp3) is 0.421. The van der Waals surface area contributed by atoms with E-state index in [-0.39, 0.29) is 11.1 Å². The third-order valence-electron chi connectivity index (χ3n) is 4.10. The van der Waals surface area contributed by atoms with Crippen molar-refractivity contribution in [3.05, 3.63) is 46.4 Å². The molecule has 0 aliphatic carbocycles. The second-order valence-electron chi connectivity index (χ2n) is 7.25. The minimum atomic E-state index is -0.264. The topological polar surface area (TPSA) is 76.0 Å².